The predicted octanol–water partition coefficient (Wildman–Crippen LogP) is 10.1. The molecule has 16 nitrogen and oxygen atoms in total. The third-order valence-corrected chi connectivity index (χ3v) is 13.4. The van der Waals surface area contributed by atoms with E-state index in [9.17, 15) is 29.9 Å². The smallest absolute Gasteiger partial charge is 0.410 e. The molecule has 1 fully saturated rings. The van der Waals surface area contributed by atoms with Crippen LogP contribution in [0.4, 0.5) is 10.5 Å². The lowest BCUT2D eigenvalue weighted by molar-refractivity contribution is -0.384. The average molecular weight is 976 g/mol. The third kappa shape index (κ3) is 12.5. The Morgan fingerprint density at radius 1 is 0.944 bits per heavy atom. The number of nitrogens with zero attached hydrogens (tertiary/aromatic N) is 3. The monoisotopic (exact) mass is 975 g/mol. The number of non-ortho nitro benzene ring substituents is 1. The number of unbranched alkanes of at least 4 members (excludes halogenated alkanes) is 2. The highest BCUT2D eigenvalue weighted by Crippen LogP contribution is 2.62. The summed E-state index contributed by atoms with van der Waals surface area (Å²) in [5.41, 5.74) is 4.19. The zero-order valence-corrected chi connectivity index (χ0v) is 40.5. The minimum absolute atomic E-state index is 0.00687. The van der Waals surface area contributed by atoms with E-state index in [0.717, 1.165) is 42.4 Å². The number of nitro benzene ring substituents is 1. The standard InChI is InChI=1S/C55H65N3O13/c1-4-25-57(54(62)67-30-29-66-36-38-13-7-6-8-14-38)51-34-48(56-69-37-39-17-19-42(20-18-39)58(63)64)46-32-40(15-9-11-26-59)45(16-10-12-27-60)52-47-33-44(70-43-21-23-49(65-3)41(31-43)35-61)22-24-50(47)71-55(51,53(46)52)68-28-5-2/h5-8,13-14,17-24,31-33,35,40,45,51-53,59-60H,2,4,9-12,15-16,25-30,34,36-37H2,1,3H3/t40-,45+,51-,52+,53+,55+/m0/s1. The molecule has 1 saturated carbocycles. The number of ether oxygens (including phenoxy) is 6. The molecule has 6 atom stereocenters. The van der Waals surface area contributed by atoms with Crippen molar-refractivity contribution in [2.24, 2.45) is 22.9 Å². The molecule has 2 aliphatic carbocycles. The van der Waals surface area contributed by atoms with Crippen LogP contribution in [0.2, 0.25) is 0 Å². The number of hydrogen-bond donors (Lipinski definition) is 2. The molecular weight excluding hydrogens is 911 g/mol. The maximum absolute atomic E-state index is 14.7. The Labute approximate surface area is 414 Å². The summed E-state index contributed by atoms with van der Waals surface area (Å²) in [5.74, 6) is -0.712. The molecule has 1 heterocycles. The van der Waals surface area contributed by atoms with E-state index < -0.39 is 28.8 Å². The van der Waals surface area contributed by atoms with Crippen molar-refractivity contribution in [3.8, 4) is 23.0 Å². The molecule has 1 aliphatic heterocycles. The molecule has 0 radical (unpaired) electrons. The molecule has 7 rings (SSSR count). The fraction of sp³-hybridized carbons (Fsp3) is 0.436. The van der Waals surface area contributed by atoms with Crippen LogP contribution in [0.25, 0.3) is 0 Å². The average Bonchev–Trinajstić information content (AvgIpc) is 3.39. The van der Waals surface area contributed by atoms with E-state index in [1.54, 1.807) is 47.4 Å². The van der Waals surface area contributed by atoms with Gasteiger partial charge < -0.3 is 43.5 Å². The number of hydrogen-bond acceptors (Lipinski definition) is 14. The second kappa shape index (κ2) is 25.5. The van der Waals surface area contributed by atoms with Gasteiger partial charge in [0.1, 0.15) is 42.3 Å². The van der Waals surface area contributed by atoms with Crippen LogP contribution >= 0.6 is 0 Å². The van der Waals surface area contributed by atoms with Gasteiger partial charge in [0.25, 0.3) is 5.69 Å². The summed E-state index contributed by atoms with van der Waals surface area (Å²) < 4.78 is 38.2. The number of rotatable bonds is 27. The molecule has 0 saturated heterocycles. The van der Waals surface area contributed by atoms with Gasteiger partial charge in [-0.1, -0.05) is 67.4 Å². The molecule has 2 N–H and O–H groups in total. The van der Waals surface area contributed by atoms with Crippen molar-refractivity contribution in [1.82, 2.24) is 4.90 Å². The highest BCUT2D eigenvalue weighted by molar-refractivity contribution is 6.03. The number of benzene rings is 4. The number of aliphatic hydroxyl groups is 2. The summed E-state index contributed by atoms with van der Waals surface area (Å²) in [4.78, 5) is 45.5. The van der Waals surface area contributed by atoms with Gasteiger partial charge in [-0.3, -0.25) is 19.8 Å². The maximum Gasteiger partial charge on any atom is 0.410 e. The van der Waals surface area contributed by atoms with E-state index in [4.69, 9.17) is 38.4 Å². The van der Waals surface area contributed by atoms with E-state index in [1.807, 2.05) is 49.4 Å². The number of amides is 1. The molecule has 3 aliphatic rings. The van der Waals surface area contributed by atoms with Crippen molar-refractivity contribution in [2.75, 3.05) is 46.7 Å². The van der Waals surface area contributed by atoms with Gasteiger partial charge in [-0.05, 0) is 109 Å². The number of oxime groups is 1. The Hall–Kier alpha value is -6.59. The summed E-state index contributed by atoms with van der Waals surface area (Å²) >= 11 is 0. The Morgan fingerprint density at radius 2 is 1.68 bits per heavy atom. The van der Waals surface area contributed by atoms with E-state index in [2.05, 4.69) is 12.7 Å². The summed E-state index contributed by atoms with van der Waals surface area (Å²) in [6, 6.07) is 25.6. The molecule has 1 amide bonds. The lowest BCUT2D eigenvalue weighted by atomic mass is 9.55. The second-order valence-electron chi connectivity index (χ2n) is 17.9. The maximum atomic E-state index is 14.7. The van der Waals surface area contributed by atoms with Crippen molar-refractivity contribution in [3.05, 3.63) is 148 Å². The topological polar surface area (TPSA) is 198 Å². The number of aldehydes is 1. The first kappa shape index (κ1) is 52.2. The van der Waals surface area contributed by atoms with Crippen LogP contribution in [-0.2, 0) is 32.3 Å². The fourth-order valence-electron chi connectivity index (χ4n) is 10.3. The summed E-state index contributed by atoms with van der Waals surface area (Å²) in [6.07, 6.45) is 8.87. The largest absolute Gasteiger partial charge is 0.496 e. The molecule has 71 heavy (non-hydrogen) atoms. The predicted molar refractivity (Wildman–Crippen MR) is 266 cm³/mol. The van der Waals surface area contributed by atoms with E-state index in [-0.39, 0.29) is 76.0 Å². The van der Waals surface area contributed by atoms with Crippen LogP contribution in [0.5, 0.6) is 23.0 Å². The number of methoxy groups -OCH3 is 1. The Morgan fingerprint density at radius 3 is 2.38 bits per heavy atom. The number of allylic oxidation sites excluding steroid dienone is 1. The van der Waals surface area contributed by atoms with E-state index in [0.29, 0.717) is 72.0 Å². The van der Waals surface area contributed by atoms with Gasteiger partial charge >= 0.3 is 6.09 Å². The van der Waals surface area contributed by atoms with Gasteiger partial charge in [0.05, 0.1) is 49.0 Å². The van der Waals surface area contributed by atoms with E-state index in [1.165, 1.54) is 19.2 Å². The summed E-state index contributed by atoms with van der Waals surface area (Å²) in [7, 11) is 1.50. The molecule has 16 heteroatoms. The third-order valence-electron chi connectivity index (χ3n) is 13.4. The number of carbonyl (C=O) groups is 2. The first-order valence-corrected chi connectivity index (χ1v) is 24.5. The highest BCUT2D eigenvalue weighted by atomic mass is 16.7. The van der Waals surface area contributed by atoms with Gasteiger partial charge in [-0.25, -0.2) is 4.79 Å². The molecule has 0 bridgehead atoms. The van der Waals surface area contributed by atoms with Crippen LogP contribution in [0.1, 0.15) is 91.3 Å². The first-order chi connectivity index (χ1) is 34.7. The summed E-state index contributed by atoms with van der Waals surface area (Å²) in [6.45, 7) is 6.95. The van der Waals surface area contributed by atoms with Gasteiger partial charge in [0.2, 0.25) is 5.79 Å². The van der Waals surface area contributed by atoms with Crippen molar-refractivity contribution >= 4 is 23.8 Å². The lowest BCUT2D eigenvalue weighted by Gasteiger charge is -2.59. The van der Waals surface area contributed by atoms with Crippen LogP contribution in [0, 0.1) is 27.9 Å². The van der Waals surface area contributed by atoms with Crippen molar-refractivity contribution in [3.63, 3.8) is 0 Å². The van der Waals surface area contributed by atoms with Crippen molar-refractivity contribution in [2.45, 2.75) is 89.3 Å². The fourth-order valence-corrected chi connectivity index (χ4v) is 10.3. The Balaban J connectivity index is 1.36. The molecule has 0 spiro atoms. The number of fused-ring (bicyclic) bond motifs is 2. The molecule has 0 unspecified atom stereocenters. The van der Waals surface area contributed by atoms with Gasteiger partial charge in [0.15, 0.2) is 6.29 Å². The van der Waals surface area contributed by atoms with Crippen LogP contribution in [-0.4, -0.2) is 96.6 Å². The zero-order valence-electron chi connectivity index (χ0n) is 40.5. The molecule has 4 aromatic rings. The normalized spacial score (nSPS) is 21.4. The molecule has 4 aromatic carbocycles. The van der Waals surface area contributed by atoms with Gasteiger partial charge in [-0.2, -0.15) is 0 Å². The van der Waals surface area contributed by atoms with Crippen molar-refractivity contribution in [1.29, 1.82) is 0 Å². The minimum atomic E-state index is -1.53. The Bertz CT molecular complexity index is 2480. The van der Waals surface area contributed by atoms with Gasteiger partial charge in [0, 0.05) is 49.8 Å². The van der Waals surface area contributed by atoms with Crippen molar-refractivity contribution < 1.29 is 58.0 Å². The Kier molecular flexibility index (Phi) is 18.8. The molecule has 378 valence electrons. The van der Waals surface area contributed by atoms with E-state index >= 15 is 0 Å². The summed E-state index contributed by atoms with van der Waals surface area (Å²) in [5, 5.41) is 36.3. The van der Waals surface area contributed by atoms with Crippen LogP contribution in [0.3, 0.4) is 0 Å². The molecule has 0 aromatic heterocycles. The first-order valence-electron chi connectivity index (χ1n) is 24.5. The number of nitro groups is 1. The van der Waals surface area contributed by atoms with Gasteiger partial charge in [-0.15, -0.1) is 6.58 Å². The highest BCUT2D eigenvalue weighted by Gasteiger charge is 2.65. The minimum Gasteiger partial charge on any atom is -0.496 e. The van der Waals surface area contributed by atoms with Crippen LogP contribution < -0.4 is 14.2 Å². The zero-order chi connectivity index (χ0) is 50.2. The number of aliphatic hydroxyl groups excluding tert-OH is 2. The van der Waals surface area contributed by atoms with Crippen LogP contribution in [0.15, 0.2) is 120 Å². The quantitative estimate of drug-likeness (QED) is 0.0188. The molecular formula is C55H65N3O13. The SMILES string of the molecule is C=CCO[C@@]12Oc3ccc(Oc4ccc(OC)c(C=O)c4)cc3[C@H]3[C@H](CCCCO)[C@@H](CCCCO)C=C(C(=NOCc4ccc([N+](=O)[O-])cc4)C[C@@H]1N(CCC)C(=O)OCCOCc1ccccc1)[C@H]32. The number of carbonyl (C=O) groups excluding carboxylic acids is 2. The lowest BCUT2D eigenvalue weighted by Crippen LogP contribution is -2.70. The second-order valence-corrected chi connectivity index (χ2v) is 17.9.